The minimum atomic E-state index is -0.622. The molecule has 0 fully saturated rings. The number of carbonyl (C=O) groups excluding carboxylic acids is 3. The molecular weight excluding hydrogens is 547 g/mol. The molecule has 0 bridgehead atoms. The molecule has 0 aliphatic carbocycles. The summed E-state index contributed by atoms with van der Waals surface area (Å²) >= 11 is 0. The Morgan fingerprint density at radius 2 is 1.88 bits per heavy atom. The maximum atomic E-state index is 13.7. The van der Waals surface area contributed by atoms with E-state index in [2.05, 4.69) is 21.1 Å². The van der Waals surface area contributed by atoms with Gasteiger partial charge in [0.25, 0.3) is 5.91 Å². The Hall–Kier alpha value is -4.65. The van der Waals surface area contributed by atoms with Crippen LogP contribution in [0.15, 0.2) is 47.0 Å². The minimum absolute atomic E-state index is 0.114. The van der Waals surface area contributed by atoms with E-state index in [1.807, 2.05) is 6.92 Å². The van der Waals surface area contributed by atoms with Gasteiger partial charge in [0.2, 0.25) is 0 Å². The molecule has 1 aliphatic heterocycles. The first kappa shape index (κ1) is 30.3. The maximum absolute atomic E-state index is 13.7. The average Bonchev–Trinajstić information content (AvgIpc) is 3.27. The van der Waals surface area contributed by atoms with Gasteiger partial charge in [-0.2, -0.15) is 0 Å². The molecule has 0 saturated heterocycles. The number of carbonyl (C=O) groups is 3. The SMILES string of the molecule is Cc1noc(C)c1NC(=O)Nc1cccc2c1O[C@@H](CN(C)C(=O)Nc1ccc(F)cc1)[C@H](C)CN([C@H](C)CO)C2=O. The number of fused-ring (bicyclic) bond motifs is 1. The Bertz CT molecular complexity index is 1430. The van der Waals surface area contributed by atoms with E-state index in [0.717, 1.165) is 0 Å². The number of hydrogen-bond acceptors (Lipinski definition) is 7. The summed E-state index contributed by atoms with van der Waals surface area (Å²) in [4.78, 5) is 42.6. The van der Waals surface area contributed by atoms with Crippen LogP contribution in [-0.4, -0.2) is 76.9 Å². The first-order valence-electron chi connectivity index (χ1n) is 13.5. The summed E-state index contributed by atoms with van der Waals surface area (Å²) in [6, 6.07) is 8.68. The van der Waals surface area contributed by atoms with Crippen LogP contribution in [0.2, 0.25) is 0 Å². The Labute approximate surface area is 242 Å². The number of rotatable bonds is 7. The number of aryl methyl sites for hydroxylation is 2. The van der Waals surface area contributed by atoms with Crippen LogP contribution in [0.25, 0.3) is 0 Å². The number of likely N-dealkylation sites (N-methyl/N-ethyl adjacent to an activating group) is 1. The number of hydrogen-bond donors (Lipinski definition) is 4. The molecule has 12 nitrogen and oxygen atoms in total. The summed E-state index contributed by atoms with van der Waals surface area (Å²) in [6.45, 7) is 7.09. The van der Waals surface area contributed by atoms with E-state index in [9.17, 15) is 23.9 Å². The monoisotopic (exact) mass is 582 g/mol. The van der Waals surface area contributed by atoms with Crippen molar-refractivity contribution in [3.05, 3.63) is 65.3 Å². The fourth-order valence-electron chi connectivity index (χ4n) is 4.59. The smallest absolute Gasteiger partial charge is 0.323 e. The molecule has 0 spiro atoms. The number of aliphatic hydroxyl groups is 1. The highest BCUT2D eigenvalue weighted by Gasteiger charge is 2.35. The number of ether oxygens (including phenoxy) is 1. The third kappa shape index (κ3) is 6.79. The molecule has 0 unspecified atom stereocenters. The van der Waals surface area contributed by atoms with Gasteiger partial charge in [-0.3, -0.25) is 4.79 Å². The number of anilines is 3. The van der Waals surface area contributed by atoms with Crippen LogP contribution in [0.5, 0.6) is 5.75 Å². The molecule has 1 aliphatic rings. The van der Waals surface area contributed by atoms with Crippen LogP contribution >= 0.6 is 0 Å². The van der Waals surface area contributed by atoms with E-state index < -0.39 is 30.0 Å². The van der Waals surface area contributed by atoms with Crippen LogP contribution < -0.4 is 20.7 Å². The fourth-order valence-corrected chi connectivity index (χ4v) is 4.59. The van der Waals surface area contributed by atoms with E-state index in [4.69, 9.17) is 9.26 Å². The molecular formula is C29H35FN6O6. The molecule has 42 heavy (non-hydrogen) atoms. The van der Waals surface area contributed by atoms with E-state index in [-0.39, 0.29) is 48.5 Å². The summed E-state index contributed by atoms with van der Waals surface area (Å²) in [5.41, 5.74) is 1.78. The van der Waals surface area contributed by atoms with Crippen LogP contribution in [0.1, 0.15) is 35.7 Å². The zero-order chi connectivity index (χ0) is 30.6. The molecule has 4 rings (SSSR count). The average molecular weight is 583 g/mol. The van der Waals surface area contributed by atoms with E-state index in [1.54, 1.807) is 50.9 Å². The highest BCUT2D eigenvalue weighted by atomic mass is 19.1. The van der Waals surface area contributed by atoms with Crippen molar-refractivity contribution in [2.24, 2.45) is 5.92 Å². The first-order chi connectivity index (χ1) is 20.0. The van der Waals surface area contributed by atoms with Gasteiger partial charge in [-0.1, -0.05) is 18.1 Å². The van der Waals surface area contributed by atoms with Crippen molar-refractivity contribution in [2.45, 2.75) is 39.8 Å². The maximum Gasteiger partial charge on any atom is 0.323 e. The van der Waals surface area contributed by atoms with Gasteiger partial charge in [-0.25, -0.2) is 14.0 Å². The minimum Gasteiger partial charge on any atom is -0.485 e. The normalized spacial score (nSPS) is 17.3. The van der Waals surface area contributed by atoms with Gasteiger partial charge in [0.05, 0.1) is 30.4 Å². The Morgan fingerprint density at radius 1 is 1.17 bits per heavy atom. The van der Waals surface area contributed by atoms with Gasteiger partial charge >= 0.3 is 12.1 Å². The molecule has 13 heteroatoms. The van der Waals surface area contributed by atoms with Crippen molar-refractivity contribution in [1.29, 1.82) is 0 Å². The highest BCUT2D eigenvalue weighted by Crippen LogP contribution is 2.35. The van der Waals surface area contributed by atoms with Gasteiger partial charge in [-0.15, -0.1) is 0 Å². The van der Waals surface area contributed by atoms with Gasteiger partial charge in [0, 0.05) is 25.2 Å². The zero-order valence-electron chi connectivity index (χ0n) is 24.1. The second kappa shape index (κ2) is 12.9. The van der Waals surface area contributed by atoms with Crippen LogP contribution in [0, 0.1) is 25.6 Å². The Balaban J connectivity index is 1.62. The molecule has 224 valence electrons. The molecule has 4 N–H and O–H groups in total. The van der Waals surface area contributed by atoms with Crippen molar-refractivity contribution in [3.63, 3.8) is 0 Å². The van der Waals surface area contributed by atoms with Crippen molar-refractivity contribution in [1.82, 2.24) is 15.0 Å². The van der Waals surface area contributed by atoms with Gasteiger partial charge in [-0.05, 0) is 57.2 Å². The fraction of sp³-hybridized carbons (Fsp3) is 0.379. The van der Waals surface area contributed by atoms with E-state index in [0.29, 0.717) is 22.8 Å². The summed E-state index contributed by atoms with van der Waals surface area (Å²) in [5, 5.41) is 21.9. The number of nitrogens with one attached hydrogen (secondary N) is 3. The van der Waals surface area contributed by atoms with Gasteiger partial charge in [0.15, 0.2) is 11.5 Å². The standard InChI is InChI=1S/C29H35FN6O6/c1-16-13-36(17(2)15-37)27(38)22-7-6-8-23(32-28(39)33-25-18(3)34-42-19(25)4)26(22)41-24(16)14-35(5)29(40)31-21-11-9-20(30)10-12-21/h6-12,16-17,24,37H,13-15H2,1-5H3,(H,31,40)(H2,32,33,39)/t16-,17-,24+/m1/s1. The molecule has 3 aromatic rings. The lowest BCUT2D eigenvalue weighted by atomic mass is 9.99. The largest absolute Gasteiger partial charge is 0.485 e. The predicted octanol–water partition coefficient (Wildman–Crippen LogP) is 4.46. The zero-order valence-corrected chi connectivity index (χ0v) is 24.1. The van der Waals surface area contributed by atoms with Crippen LogP contribution in [0.3, 0.4) is 0 Å². The Morgan fingerprint density at radius 3 is 2.52 bits per heavy atom. The van der Waals surface area contributed by atoms with Crippen molar-refractivity contribution < 1.29 is 33.1 Å². The number of para-hydroxylation sites is 1. The molecule has 1 aromatic heterocycles. The summed E-state index contributed by atoms with van der Waals surface area (Å²) in [5.74, 6) is -0.509. The second-order valence-corrected chi connectivity index (χ2v) is 10.4. The summed E-state index contributed by atoms with van der Waals surface area (Å²) < 4.78 is 24.8. The number of aromatic nitrogens is 1. The third-order valence-corrected chi connectivity index (χ3v) is 7.11. The molecule has 2 aromatic carbocycles. The van der Waals surface area contributed by atoms with Crippen LogP contribution in [0.4, 0.5) is 31.0 Å². The topological polar surface area (TPSA) is 149 Å². The number of aliphatic hydroxyl groups excluding tert-OH is 1. The predicted molar refractivity (Wildman–Crippen MR) is 154 cm³/mol. The number of halogens is 1. The molecule has 5 amide bonds. The first-order valence-corrected chi connectivity index (χ1v) is 13.5. The molecule has 2 heterocycles. The lowest BCUT2D eigenvalue weighted by molar-refractivity contribution is 0.0373. The highest BCUT2D eigenvalue weighted by molar-refractivity contribution is 6.04. The molecule has 3 atom stereocenters. The number of amides is 5. The molecule has 0 saturated carbocycles. The van der Waals surface area contributed by atoms with Crippen molar-refractivity contribution in [3.8, 4) is 5.75 Å². The lowest BCUT2D eigenvalue weighted by Crippen LogP contribution is -2.50. The lowest BCUT2D eigenvalue weighted by Gasteiger charge is -2.38. The summed E-state index contributed by atoms with van der Waals surface area (Å²) in [6.07, 6.45) is -0.622. The number of urea groups is 2. The third-order valence-electron chi connectivity index (χ3n) is 7.11. The van der Waals surface area contributed by atoms with Crippen molar-refractivity contribution in [2.75, 3.05) is 42.7 Å². The number of nitrogens with zero attached hydrogens (tertiary/aromatic N) is 3. The van der Waals surface area contributed by atoms with Crippen molar-refractivity contribution >= 4 is 35.0 Å². The second-order valence-electron chi connectivity index (χ2n) is 10.4. The number of benzene rings is 2. The van der Waals surface area contributed by atoms with E-state index in [1.165, 1.54) is 29.2 Å². The van der Waals surface area contributed by atoms with Gasteiger partial charge in [0.1, 0.15) is 23.3 Å². The Kier molecular flexibility index (Phi) is 9.31. The summed E-state index contributed by atoms with van der Waals surface area (Å²) in [7, 11) is 1.59. The quantitative estimate of drug-likeness (QED) is 0.321. The van der Waals surface area contributed by atoms with Crippen LogP contribution in [-0.2, 0) is 0 Å². The molecule has 0 radical (unpaired) electrons. The van der Waals surface area contributed by atoms with E-state index >= 15 is 0 Å². The van der Waals surface area contributed by atoms with Gasteiger partial charge < -0.3 is 40.1 Å².